The molecule has 2 aliphatic rings. The van der Waals surface area contributed by atoms with Crippen molar-refractivity contribution in [3.63, 3.8) is 0 Å². The molecule has 1 unspecified atom stereocenters. The Morgan fingerprint density at radius 1 is 1.00 bits per heavy atom. The van der Waals surface area contributed by atoms with Gasteiger partial charge in [-0.25, -0.2) is 4.68 Å². The Hall–Kier alpha value is -2.47. The number of carbonyl (C=O) groups excluding carboxylic acids is 1. The molecule has 1 amide bonds. The molecule has 0 aliphatic carbocycles. The molecule has 0 bridgehead atoms. The van der Waals surface area contributed by atoms with Crippen molar-refractivity contribution in [3.05, 3.63) is 64.1 Å². The van der Waals surface area contributed by atoms with Crippen molar-refractivity contribution < 1.29 is 4.79 Å². The fraction of sp³-hybridized carbons (Fsp3) is 0.476. The summed E-state index contributed by atoms with van der Waals surface area (Å²) >= 11 is 0. The van der Waals surface area contributed by atoms with Crippen molar-refractivity contribution in [2.24, 2.45) is 0 Å². The minimum Gasteiger partial charge on any atom is -0.333 e. The van der Waals surface area contributed by atoms with Crippen LogP contribution >= 0.6 is 0 Å². The summed E-state index contributed by atoms with van der Waals surface area (Å²) in [6, 6.07) is 13.0. The summed E-state index contributed by atoms with van der Waals surface area (Å²) in [7, 11) is 0. The van der Waals surface area contributed by atoms with Gasteiger partial charge in [-0.1, -0.05) is 30.3 Å². The van der Waals surface area contributed by atoms with Gasteiger partial charge < -0.3 is 9.80 Å². The van der Waals surface area contributed by atoms with Gasteiger partial charge in [0.2, 0.25) is 0 Å². The van der Waals surface area contributed by atoms with Crippen molar-refractivity contribution in [1.82, 2.24) is 19.6 Å². The van der Waals surface area contributed by atoms with Crippen molar-refractivity contribution in [3.8, 4) is 0 Å². The van der Waals surface area contributed by atoms with E-state index in [9.17, 15) is 9.59 Å². The molecule has 1 aromatic heterocycles. The van der Waals surface area contributed by atoms with E-state index in [4.69, 9.17) is 0 Å². The molecule has 6 nitrogen and oxygen atoms in total. The number of carbonyl (C=O) groups is 1. The smallest absolute Gasteiger partial charge is 0.274 e. The van der Waals surface area contributed by atoms with E-state index in [1.807, 2.05) is 35.2 Å². The van der Waals surface area contributed by atoms with Crippen LogP contribution in [-0.2, 0) is 6.54 Å². The first-order valence-corrected chi connectivity index (χ1v) is 9.86. The molecular weight excluding hydrogens is 340 g/mol. The number of hydrogen-bond acceptors (Lipinski definition) is 4. The summed E-state index contributed by atoms with van der Waals surface area (Å²) in [4.78, 5) is 29.7. The molecule has 2 aromatic rings. The highest BCUT2D eigenvalue weighted by atomic mass is 16.2. The van der Waals surface area contributed by atoms with E-state index in [1.54, 1.807) is 6.07 Å². The Morgan fingerprint density at radius 2 is 1.78 bits per heavy atom. The second kappa shape index (κ2) is 8.05. The third-order valence-corrected chi connectivity index (χ3v) is 5.57. The van der Waals surface area contributed by atoms with Crippen LogP contribution in [-0.4, -0.2) is 57.7 Å². The highest BCUT2D eigenvalue weighted by Gasteiger charge is 2.32. The molecule has 1 atom stereocenters. The van der Waals surface area contributed by atoms with E-state index in [0.717, 1.165) is 44.6 Å². The van der Waals surface area contributed by atoms with Crippen molar-refractivity contribution in [2.75, 3.05) is 26.2 Å². The molecule has 2 fully saturated rings. The normalized spacial score (nSPS) is 20.3. The molecule has 3 heterocycles. The Labute approximate surface area is 159 Å². The van der Waals surface area contributed by atoms with E-state index >= 15 is 0 Å². The van der Waals surface area contributed by atoms with Gasteiger partial charge in [0.25, 0.3) is 11.5 Å². The summed E-state index contributed by atoms with van der Waals surface area (Å²) in [5.74, 6) is -0.0569. The lowest BCUT2D eigenvalue weighted by Crippen LogP contribution is -2.43. The molecule has 27 heavy (non-hydrogen) atoms. The van der Waals surface area contributed by atoms with Crippen LogP contribution in [0.5, 0.6) is 0 Å². The van der Waals surface area contributed by atoms with Gasteiger partial charge in [-0.2, -0.15) is 5.10 Å². The van der Waals surface area contributed by atoms with Gasteiger partial charge in [-0.3, -0.25) is 9.59 Å². The molecule has 142 valence electrons. The molecule has 1 aromatic carbocycles. The monoisotopic (exact) mass is 366 g/mol. The quantitative estimate of drug-likeness (QED) is 0.812. The topological polar surface area (TPSA) is 58.4 Å². The second-order valence-electron chi connectivity index (χ2n) is 7.50. The van der Waals surface area contributed by atoms with Crippen LogP contribution in [0.1, 0.15) is 41.7 Å². The first kappa shape index (κ1) is 17.9. The number of nitrogens with zero attached hydrogens (tertiary/aromatic N) is 4. The zero-order chi connectivity index (χ0) is 18.6. The molecule has 2 aliphatic heterocycles. The number of amides is 1. The SMILES string of the molecule is O=C(c1ccc(=O)n(Cc2ccccc2)n1)N1CCCC1CN1CCCC1. The maximum absolute atomic E-state index is 13.1. The first-order valence-electron chi connectivity index (χ1n) is 9.86. The van der Waals surface area contributed by atoms with Crippen molar-refractivity contribution in [2.45, 2.75) is 38.3 Å². The lowest BCUT2D eigenvalue weighted by molar-refractivity contribution is 0.0700. The summed E-state index contributed by atoms with van der Waals surface area (Å²) in [5, 5.41) is 4.38. The number of hydrogen-bond donors (Lipinski definition) is 0. The van der Waals surface area contributed by atoms with E-state index < -0.39 is 0 Å². The Balaban J connectivity index is 1.51. The van der Waals surface area contributed by atoms with Gasteiger partial charge in [0, 0.05) is 25.2 Å². The molecule has 0 spiro atoms. The van der Waals surface area contributed by atoms with Gasteiger partial charge in [0.05, 0.1) is 6.54 Å². The predicted molar refractivity (Wildman–Crippen MR) is 104 cm³/mol. The van der Waals surface area contributed by atoms with Gasteiger partial charge in [0.1, 0.15) is 5.69 Å². The molecule has 0 N–H and O–H groups in total. The Bertz CT molecular complexity index is 843. The van der Waals surface area contributed by atoms with Crippen LogP contribution in [0.25, 0.3) is 0 Å². The van der Waals surface area contributed by atoms with Crippen LogP contribution in [0.3, 0.4) is 0 Å². The Morgan fingerprint density at radius 3 is 2.56 bits per heavy atom. The van der Waals surface area contributed by atoms with Gasteiger partial charge in [0.15, 0.2) is 0 Å². The molecule has 6 heteroatoms. The first-order chi connectivity index (χ1) is 13.2. The average Bonchev–Trinajstić information content (AvgIpc) is 3.36. The number of benzene rings is 1. The van der Waals surface area contributed by atoms with E-state index in [-0.39, 0.29) is 17.5 Å². The summed E-state index contributed by atoms with van der Waals surface area (Å²) < 4.78 is 1.38. The van der Waals surface area contributed by atoms with Crippen LogP contribution in [0, 0.1) is 0 Å². The summed E-state index contributed by atoms with van der Waals surface area (Å²) in [6.45, 7) is 4.38. The second-order valence-corrected chi connectivity index (χ2v) is 7.50. The third-order valence-electron chi connectivity index (χ3n) is 5.57. The van der Waals surface area contributed by atoms with Crippen LogP contribution < -0.4 is 5.56 Å². The zero-order valence-corrected chi connectivity index (χ0v) is 15.6. The van der Waals surface area contributed by atoms with Crippen LogP contribution in [0.4, 0.5) is 0 Å². The van der Waals surface area contributed by atoms with Crippen molar-refractivity contribution >= 4 is 5.91 Å². The average molecular weight is 366 g/mol. The van der Waals surface area contributed by atoms with Crippen LogP contribution in [0.15, 0.2) is 47.3 Å². The van der Waals surface area contributed by atoms with Gasteiger partial charge >= 0.3 is 0 Å². The third kappa shape index (κ3) is 4.11. The molecule has 0 saturated carbocycles. The highest BCUT2D eigenvalue weighted by Crippen LogP contribution is 2.22. The minimum atomic E-state index is -0.189. The number of likely N-dealkylation sites (tertiary alicyclic amines) is 2. The maximum atomic E-state index is 13.1. The van der Waals surface area contributed by atoms with Crippen molar-refractivity contribution in [1.29, 1.82) is 0 Å². The largest absolute Gasteiger partial charge is 0.333 e. The fourth-order valence-electron chi connectivity index (χ4n) is 4.14. The number of rotatable bonds is 5. The van der Waals surface area contributed by atoms with Gasteiger partial charge in [-0.15, -0.1) is 0 Å². The zero-order valence-electron chi connectivity index (χ0n) is 15.6. The summed E-state index contributed by atoms with van der Waals surface area (Å²) in [6.07, 6.45) is 4.60. The fourth-order valence-corrected chi connectivity index (χ4v) is 4.14. The lowest BCUT2D eigenvalue weighted by Gasteiger charge is -2.28. The van der Waals surface area contributed by atoms with E-state index in [1.165, 1.54) is 23.6 Å². The molecule has 2 saturated heterocycles. The lowest BCUT2D eigenvalue weighted by atomic mass is 10.2. The minimum absolute atomic E-state index is 0.0569. The molecular formula is C21H26N4O2. The molecule has 0 radical (unpaired) electrons. The van der Waals surface area contributed by atoms with Crippen LogP contribution in [0.2, 0.25) is 0 Å². The molecule has 4 rings (SSSR count). The highest BCUT2D eigenvalue weighted by molar-refractivity contribution is 5.92. The Kier molecular flexibility index (Phi) is 5.34. The van der Waals surface area contributed by atoms with Gasteiger partial charge in [-0.05, 0) is 50.4 Å². The standard InChI is InChI=1S/C21H26N4O2/c26-20-11-10-19(22-25(20)15-17-7-2-1-3-8-17)21(27)24-14-6-9-18(24)16-23-12-4-5-13-23/h1-3,7-8,10-11,18H,4-6,9,12-16H2. The van der Waals surface area contributed by atoms with E-state index in [2.05, 4.69) is 10.00 Å². The number of aromatic nitrogens is 2. The van der Waals surface area contributed by atoms with E-state index in [0.29, 0.717) is 12.2 Å². The predicted octanol–water partition coefficient (Wildman–Crippen LogP) is 1.99. The maximum Gasteiger partial charge on any atom is 0.274 e. The summed E-state index contributed by atoms with van der Waals surface area (Å²) in [5.41, 5.74) is 1.16.